The standard InChI is InChI=1S/C18H15F15O2/c1-10(2)6-4-5-11(10,3)8(34)7(6)9(35)12(19,20)13(21,22)14(23,24)15(25,26)16(27,28)17(29,30)18(31,32)33/h6-7H,4-5H2,1-3H3. The second kappa shape index (κ2) is 7.19. The highest BCUT2D eigenvalue weighted by molar-refractivity contribution is 6.10. The van der Waals surface area contributed by atoms with Crippen LogP contribution in [0, 0.1) is 22.7 Å². The largest absolute Gasteiger partial charge is 0.460 e. The van der Waals surface area contributed by atoms with Crippen molar-refractivity contribution in [1.29, 1.82) is 0 Å². The molecule has 2 bridgehead atoms. The number of hydrogen-bond acceptors (Lipinski definition) is 2. The molecule has 0 amide bonds. The fourth-order valence-corrected chi connectivity index (χ4v) is 4.70. The molecule has 0 aromatic carbocycles. The lowest BCUT2D eigenvalue weighted by molar-refractivity contribution is -0.449. The zero-order chi connectivity index (χ0) is 28.2. The third-order valence-electron chi connectivity index (χ3n) is 7.45. The Balaban J connectivity index is 2.59. The van der Waals surface area contributed by atoms with E-state index in [1.807, 2.05) is 0 Å². The molecule has 17 heteroatoms. The second-order valence-corrected chi connectivity index (χ2v) is 9.35. The van der Waals surface area contributed by atoms with E-state index in [4.69, 9.17) is 0 Å². The molecule has 2 fully saturated rings. The molecule has 0 aromatic rings. The van der Waals surface area contributed by atoms with Crippen LogP contribution in [0.2, 0.25) is 0 Å². The Morgan fingerprint density at radius 2 is 1.06 bits per heavy atom. The fraction of sp³-hybridized carbons (Fsp3) is 0.889. The molecule has 2 saturated carbocycles. The topological polar surface area (TPSA) is 34.1 Å². The normalized spacial score (nSPS) is 28.6. The lowest BCUT2D eigenvalue weighted by Gasteiger charge is -2.41. The Morgan fingerprint density at radius 3 is 1.40 bits per heavy atom. The van der Waals surface area contributed by atoms with E-state index in [0.29, 0.717) is 0 Å². The van der Waals surface area contributed by atoms with Crippen molar-refractivity contribution in [2.24, 2.45) is 22.7 Å². The summed E-state index contributed by atoms with van der Waals surface area (Å²) in [6.07, 6.45) is -8.04. The first kappa shape index (κ1) is 29.5. The van der Waals surface area contributed by atoms with E-state index >= 15 is 0 Å². The molecule has 0 radical (unpaired) electrons. The Morgan fingerprint density at radius 1 is 0.686 bits per heavy atom. The summed E-state index contributed by atoms with van der Waals surface area (Å²) in [5, 5.41) is 0. The number of ketones is 2. The number of fused-ring (bicyclic) bond motifs is 2. The molecule has 204 valence electrons. The third kappa shape index (κ3) is 3.13. The molecule has 0 aliphatic heterocycles. The van der Waals surface area contributed by atoms with E-state index in [1.54, 1.807) is 0 Å². The molecule has 3 unspecified atom stereocenters. The van der Waals surface area contributed by atoms with Crippen LogP contribution in [0.25, 0.3) is 0 Å². The van der Waals surface area contributed by atoms with Gasteiger partial charge in [0.25, 0.3) is 0 Å². The number of halogens is 15. The molecule has 2 rings (SSSR count). The highest BCUT2D eigenvalue weighted by Crippen LogP contribution is 2.68. The van der Waals surface area contributed by atoms with E-state index in [1.165, 1.54) is 13.8 Å². The van der Waals surface area contributed by atoms with Crippen LogP contribution in [0.3, 0.4) is 0 Å². The van der Waals surface area contributed by atoms with E-state index in [0.717, 1.165) is 6.92 Å². The molecule has 35 heavy (non-hydrogen) atoms. The summed E-state index contributed by atoms with van der Waals surface area (Å²) in [4.78, 5) is 24.7. The summed E-state index contributed by atoms with van der Waals surface area (Å²) in [5.74, 6) is -57.4. The molecular formula is C18H15F15O2. The Labute approximate surface area is 186 Å². The summed E-state index contributed by atoms with van der Waals surface area (Å²) in [7, 11) is 0. The third-order valence-corrected chi connectivity index (χ3v) is 7.45. The minimum atomic E-state index is -8.48. The monoisotopic (exact) mass is 548 g/mol. The van der Waals surface area contributed by atoms with Crippen molar-refractivity contribution in [1.82, 2.24) is 0 Å². The number of carbonyl (C=O) groups is 2. The van der Waals surface area contributed by atoms with Crippen LogP contribution in [-0.4, -0.2) is 53.3 Å². The van der Waals surface area contributed by atoms with E-state index in [-0.39, 0.29) is 12.8 Å². The number of rotatable bonds is 7. The SMILES string of the molecule is CC12CCC(C(C(=O)C(F)(F)C(F)(F)C(F)(F)C(F)(F)C(F)(F)C(F)(F)C(F)(F)F)C1=O)C2(C)C. The van der Waals surface area contributed by atoms with Crippen molar-refractivity contribution in [2.75, 3.05) is 0 Å². The first-order valence-corrected chi connectivity index (χ1v) is 9.45. The van der Waals surface area contributed by atoms with Gasteiger partial charge in [-0.25, -0.2) is 0 Å². The number of alkyl halides is 15. The van der Waals surface area contributed by atoms with Gasteiger partial charge in [0.2, 0.25) is 5.78 Å². The first-order valence-electron chi connectivity index (χ1n) is 9.45. The van der Waals surface area contributed by atoms with E-state index in [9.17, 15) is 75.4 Å². The Bertz CT molecular complexity index is 917. The molecule has 3 atom stereocenters. The molecular weight excluding hydrogens is 533 g/mol. The molecule has 0 aromatic heterocycles. The van der Waals surface area contributed by atoms with Crippen molar-refractivity contribution < 1.29 is 75.4 Å². The minimum absolute atomic E-state index is 0.0672. The van der Waals surface area contributed by atoms with Crippen LogP contribution in [0.4, 0.5) is 65.9 Å². The molecule has 0 N–H and O–H groups in total. The zero-order valence-electron chi connectivity index (χ0n) is 17.6. The first-order chi connectivity index (χ1) is 15.0. The molecule has 2 nitrogen and oxygen atoms in total. The van der Waals surface area contributed by atoms with Crippen molar-refractivity contribution >= 4 is 11.6 Å². The summed E-state index contributed by atoms with van der Waals surface area (Å²) in [6, 6.07) is 0. The second-order valence-electron chi connectivity index (χ2n) is 9.35. The quantitative estimate of drug-likeness (QED) is 0.267. The minimum Gasteiger partial charge on any atom is -0.298 e. The van der Waals surface area contributed by atoms with Crippen LogP contribution < -0.4 is 0 Å². The van der Waals surface area contributed by atoms with Crippen LogP contribution in [0.1, 0.15) is 33.6 Å². The summed E-state index contributed by atoms with van der Waals surface area (Å²) in [5.41, 5.74) is -3.00. The fourth-order valence-electron chi connectivity index (χ4n) is 4.70. The molecule has 2 aliphatic rings. The van der Waals surface area contributed by atoms with Crippen LogP contribution in [-0.2, 0) is 9.59 Å². The smallest absolute Gasteiger partial charge is 0.298 e. The maximum atomic E-state index is 14.3. The lowest BCUT2D eigenvalue weighted by Crippen LogP contribution is -2.73. The van der Waals surface area contributed by atoms with E-state index < -0.39 is 75.9 Å². The van der Waals surface area contributed by atoms with Gasteiger partial charge in [-0.15, -0.1) is 0 Å². The average Bonchev–Trinajstić information content (AvgIpc) is 2.98. The average molecular weight is 548 g/mol. The van der Waals surface area contributed by atoms with Crippen LogP contribution in [0.15, 0.2) is 0 Å². The van der Waals surface area contributed by atoms with Gasteiger partial charge >= 0.3 is 41.7 Å². The summed E-state index contributed by atoms with van der Waals surface area (Å²) >= 11 is 0. The van der Waals surface area contributed by atoms with Gasteiger partial charge < -0.3 is 0 Å². The maximum absolute atomic E-state index is 14.3. The number of hydrogen-bond donors (Lipinski definition) is 0. The van der Waals surface area contributed by atoms with Gasteiger partial charge in [-0.3, -0.25) is 9.59 Å². The lowest BCUT2D eigenvalue weighted by atomic mass is 9.70. The molecule has 0 spiro atoms. The van der Waals surface area contributed by atoms with Gasteiger partial charge in [0.1, 0.15) is 5.78 Å². The van der Waals surface area contributed by atoms with Gasteiger partial charge in [0.05, 0.1) is 5.92 Å². The van der Waals surface area contributed by atoms with Gasteiger partial charge in [-0.05, 0) is 24.2 Å². The molecule has 2 aliphatic carbocycles. The van der Waals surface area contributed by atoms with Crippen molar-refractivity contribution in [2.45, 2.75) is 75.3 Å². The van der Waals surface area contributed by atoms with Crippen molar-refractivity contribution in [3.05, 3.63) is 0 Å². The highest BCUT2D eigenvalue weighted by atomic mass is 19.4. The maximum Gasteiger partial charge on any atom is 0.460 e. The van der Waals surface area contributed by atoms with Gasteiger partial charge in [0, 0.05) is 5.41 Å². The predicted molar refractivity (Wildman–Crippen MR) is 83.9 cm³/mol. The summed E-state index contributed by atoms with van der Waals surface area (Å²) < 4.78 is 200. The van der Waals surface area contributed by atoms with Gasteiger partial charge in [-0.2, -0.15) is 65.9 Å². The molecule has 0 saturated heterocycles. The number of Topliss-reactive ketones (excluding diaryl/α,β-unsaturated/α-hetero) is 2. The highest BCUT2D eigenvalue weighted by Gasteiger charge is 2.94. The zero-order valence-corrected chi connectivity index (χ0v) is 17.6. The van der Waals surface area contributed by atoms with Gasteiger partial charge in [0.15, 0.2) is 0 Å². The Kier molecular flexibility index (Phi) is 6.07. The summed E-state index contributed by atoms with van der Waals surface area (Å²) in [6.45, 7) is 3.59. The van der Waals surface area contributed by atoms with Crippen molar-refractivity contribution in [3.8, 4) is 0 Å². The van der Waals surface area contributed by atoms with E-state index in [2.05, 4.69) is 0 Å². The Hall–Kier alpha value is -1.71. The number of carbonyl (C=O) groups excluding carboxylic acids is 2. The van der Waals surface area contributed by atoms with Crippen LogP contribution >= 0.6 is 0 Å². The van der Waals surface area contributed by atoms with Crippen molar-refractivity contribution in [3.63, 3.8) is 0 Å². The molecule has 0 heterocycles. The van der Waals surface area contributed by atoms with Gasteiger partial charge in [-0.1, -0.05) is 20.8 Å². The van der Waals surface area contributed by atoms with Crippen LogP contribution in [0.5, 0.6) is 0 Å². The predicted octanol–water partition coefficient (Wildman–Crippen LogP) is 6.57.